The number of ether oxygens (including phenoxy) is 3. The second-order valence-electron chi connectivity index (χ2n) is 13.0. The maximum absolute atomic E-state index is 14.7. The molecule has 272 valence electrons. The van der Waals surface area contributed by atoms with Gasteiger partial charge >= 0.3 is 5.97 Å². The molecule has 0 radical (unpaired) electrons. The molecule has 0 aliphatic carbocycles. The molecule has 10 nitrogen and oxygen atoms in total. The Morgan fingerprint density at radius 1 is 0.926 bits per heavy atom. The van der Waals surface area contributed by atoms with Gasteiger partial charge in [-0.25, -0.2) is 9.79 Å². The number of benzene rings is 4. The van der Waals surface area contributed by atoms with Gasteiger partial charge in [-0.1, -0.05) is 90.2 Å². The van der Waals surface area contributed by atoms with Crippen molar-refractivity contribution in [1.29, 1.82) is 0 Å². The maximum atomic E-state index is 14.7. The largest absolute Gasteiger partial charge is 0.493 e. The van der Waals surface area contributed by atoms with Crippen molar-refractivity contribution in [3.63, 3.8) is 0 Å². The molecule has 0 saturated carbocycles. The van der Waals surface area contributed by atoms with Gasteiger partial charge in [0.25, 0.3) is 5.56 Å². The van der Waals surface area contributed by atoms with E-state index in [4.69, 9.17) is 19.2 Å². The van der Waals surface area contributed by atoms with E-state index in [1.807, 2.05) is 101 Å². The van der Waals surface area contributed by atoms with E-state index in [0.29, 0.717) is 44.2 Å². The van der Waals surface area contributed by atoms with Crippen LogP contribution in [0.4, 0.5) is 5.69 Å². The van der Waals surface area contributed by atoms with E-state index < -0.39 is 12.0 Å². The summed E-state index contributed by atoms with van der Waals surface area (Å²) in [6.07, 6.45) is 5.64. The summed E-state index contributed by atoms with van der Waals surface area (Å²) in [6, 6.07) is 29.8. The quantitative estimate of drug-likeness (QED) is 0.172. The van der Waals surface area contributed by atoms with Gasteiger partial charge in [0.1, 0.15) is 12.6 Å². The smallest absolute Gasteiger partial charge is 0.338 e. The number of hydrogen-bond donors (Lipinski definition) is 0. The summed E-state index contributed by atoms with van der Waals surface area (Å²) in [6.45, 7) is 2.68. The number of methoxy groups -OCH3 is 2. The van der Waals surface area contributed by atoms with Crippen molar-refractivity contribution >= 4 is 51.6 Å². The van der Waals surface area contributed by atoms with Gasteiger partial charge in [-0.05, 0) is 49.6 Å². The molecule has 4 aromatic carbocycles. The Kier molecular flexibility index (Phi) is 9.47. The zero-order chi connectivity index (χ0) is 37.3. The minimum atomic E-state index is -0.950. The Morgan fingerprint density at radius 2 is 1.70 bits per heavy atom. The Bertz CT molecular complexity index is 2640. The Morgan fingerprint density at radius 3 is 2.50 bits per heavy atom. The predicted octanol–water partition coefficient (Wildman–Crippen LogP) is 5.89. The molecule has 0 N–H and O–H groups in total. The minimum absolute atomic E-state index is 0.000925. The van der Waals surface area contributed by atoms with Gasteiger partial charge in [0.15, 0.2) is 16.3 Å². The third-order valence-electron chi connectivity index (χ3n) is 9.92. The van der Waals surface area contributed by atoms with Crippen LogP contribution in [0, 0.1) is 0 Å². The molecule has 2 aromatic heterocycles. The highest BCUT2D eigenvalue weighted by Gasteiger charge is 2.37. The summed E-state index contributed by atoms with van der Waals surface area (Å²) in [7, 11) is 3.07. The van der Waals surface area contributed by atoms with E-state index in [9.17, 15) is 14.4 Å². The van der Waals surface area contributed by atoms with Gasteiger partial charge in [0.2, 0.25) is 5.91 Å². The average Bonchev–Trinajstić information content (AvgIpc) is 3.72. The highest BCUT2D eigenvalue weighted by Crippen LogP contribution is 2.42. The van der Waals surface area contributed by atoms with Crippen LogP contribution in [0.3, 0.4) is 0 Å². The number of para-hydroxylation sites is 3. The lowest BCUT2D eigenvalue weighted by molar-refractivity contribution is -0.138. The van der Waals surface area contributed by atoms with E-state index >= 15 is 0 Å². The molecular formula is C43H38N4O6S. The number of anilines is 1. The van der Waals surface area contributed by atoms with Gasteiger partial charge in [0, 0.05) is 46.0 Å². The fraction of sp³-hybridized carbons (Fsp3) is 0.209. The topological polar surface area (TPSA) is 104 Å². The van der Waals surface area contributed by atoms with Gasteiger partial charge < -0.3 is 23.7 Å². The van der Waals surface area contributed by atoms with Gasteiger partial charge in [-0.15, -0.1) is 0 Å². The molecule has 2 aliphatic heterocycles. The minimum Gasteiger partial charge on any atom is -0.493 e. The number of thiazole rings is 1. The second kappa shape index (κ2) is 14.7. The standard InChI is InChI=1S/C43H38N4O6S/c1-4-53-42(50)37-38(28-15-6-5-7-16-28)44-43-47(39(37)31-19-12-22-34(51-2)40(31)52-3)41(49)35(54-43)24-29-25-45(33-21-11-9-18-30(29)33)26-36(48)46-23-13-17-27-14-8-10-20-32(27)46/h5-12,14-16,18-22,24-25,39H,4,13,17,23,26H2,1-3H3/b35-24-/t39-/m1/s1. The number of aryl methyl sites for hydroxylation is 1. The molecule has 0 fully saturated rings. The van der Waals surface area contributed by atoms with E-state index in [-0.39, 0.29) is 30.2 Å². The van der Waals surface area contributed by atoms with Gasteiger partial charge in [-0.3, -0.25) is 14.2 Å². The fourth-order valence-electron chi connectivity index (χ4n) is 7.55. The summed E-state index contributed by atoms with van der Waals surface area (Å²) in [5, 5.41) is 0.901. The van der Waals surface area contributed by atoms with E-state index in [0.717, 1.165) is 35.0 Å². The molecule has 54 heavy (non-hydrogen) atoms. The van der Waals surface area contributed by atoms with Crippen LogP contribution in [0.1, 0.15) is 41.6 Å². The maximum Gasteiger partial charge on any atom is 0.338 e. The molecule has 0 bridgehead atoms. The van der Waals surface area contributed by atoms with Crippen molar-refractivity contribution in [2.24, 2.45) is 4.99 Å². The van der Waals surface area contributed by atoms with Crippen molar-refractivity contribution in [2.45, 2.75) is 32.4 Å². The van der Waals surface area contributed by atoms with Crippen molar-refractivity contribution < 1.29 is 23.8 Å². The van der Waals surface area contributed by atoms with Crippen LogP contribution in [0.5, 0.6) is 11.5 Å². The summed E-state index contributed by atoms with van der Waals surface area (Å²) in [5.74, 6) is 0.253. The normalized spacial score (nSPS) is 15.4. The third kappa shape index (κ3) is 6.10. The van der Waals surface area contributed by atoms with E-state index in [1.54, 1.807) is 30.7 Å². The number of amides is 1. The molecule has 1 amide bonds. The molecular weight excluding hydrogens is 701 g/mol. The lowest BCUT2D eigenvalue weighted by Crippen LogP contribution is -2.40. The fourth-order valence-corrected chi connectivity index (χ4v) is 8.54. The van der Waals surface area contributed by atoms with Crippen LogP contribution < -0.4 is 29.3 Å². The third-order valence-corrected chi connectivity index (χ3v) is 10.9. The summed E-state index contributed by atoms with van der Waals surface area (Å²) < 4.78 is 21.1. The molecule has 0 saturated heterocycles. The molecule has 0 unspecified atom stereocenters. The van der Waals surface area contributed by atoms with E-state index in [1.165, 1.54) is 24.0 Å². The van der Waals surface area contributed by atoms with Crippen LogP contribution in [-0.4, -0.2) is 48.4 Å². The molecule has 8 rings (SSSR count). The number of fused-ring (bicyclic) bond motifs is 3. The number of esters is 1. The highest BCUT2D eigenvalue weighted by molar-refractivity contribution is 7.07. The molecule has 0 spiro atoms. The van der Waals surface area contributed by atoms with Crippen LogP contribution in [0.25, 0.3) is 22.7 Å². The first kappa shape index (κ1) is 34.9. The van der Waals surface area contributed by atoms with Crippen LogP contribution in [-0.2, 0) is 27.3 Å². The number of nitrogens with zero attached hydrogens (tertiary/aromatic N) is 4. The summed E-state index contributed by atoms with van der Waals surface area (Å²) in [5.41, 5.74) is 5.34. The monoisotopic (exact) mass is 738 g/mol. The molecule has 1 atom stereocenters. The Labute approximate surface area is 315 Å². The zero-order valence-corrected chi connectivity index (χ0v) is 31.0. The Hall–Kier alpha value is -6.20. The van der Waals surface area contributed by atoms with Crippen molar-refractivity contribution in [3.05, 3.63) is 151 Å². The predicted molar refractivity (Wildman–Crippen MR) is 210 cm³/mol. The average molecular weight is 739 g/mol. The first-order valence-electron chi connectivity index (χ1n) is 17.9. The molecule has 4 heterocycles. The summed E-state index contributed by atoms with van der Waals surface area (Å²) in [4.78, 5) is 49.9. The number of rotatable bonds is 9. The number of aromatic nitrogens is 2. The zero-order valence-electron chi connectivity index (χ0n) is 30.2. The highest BCUT2D eigenvalue weighted by atomic mass is 32.1. The molecule has 11 heteroatoms. The molecule has 6 aromatic rings. The lowest BCUT2D eigenvalue weighted by atomic mass is 9.92. The second-order valence-corrected chi connectivity index (χ2v) is 14.0. The number of carbonyl (C=O) groups excluding carboxylic acids is 2. The van der Waals surface area contributed by atoms with Crippen molar-refractivity contribution in [1.82, 2.24) is 9.13 Å². The SMILES string of the molecule is CCOC(=O)C1=C(c2ccccc2)N=c2s/c(=C\c3cn(CC(=O)N4CCCc5ccccc54)c4ccccc34)c(=O)n2[C@@H]1c1cccc(OC)c1OC. The van der Waals surface area contributed by atoms with Gasteiger partial charge in [0.05, 0.1) is 36.6 Å². The Balaban J connectivity index is 1.30. The molecule has 2 aliphatic rings. The first-order valence-corrected chi connectivity index (χ1v) is 18.7. The lowest BCUT2D eigenvalue weighted by Gasteiger charge is -2.29. The first-order chi connectivity index (χ1) is 26.4. The van der Waals surface area contributed by atoms with Crippen molar-refractivity contribution in [2.75, 3.05) is 32.3 Å². The number of hydrogen-bond acceptors (Lipinski definition) is 8. The van der Waals surface area contributed by atoms with Crippen LogP contribution in [0.2, 0.25) is 0 Å². The van der Waals surface area contributed by atoms with Crippen LogP contribution in [0.15, 0.2) is 119 Å². The van der Waals surface area contributed by atoms with E-state index in [2.05, 4.69) is 6.07 Å². The summed E-state index contributed by atoms with van der Waals surface area (Å²) >= 11 is 1.24. The van der Waals surface area contributed by atoms with Gasteiger partial charge in [-0.2, -0.15) is 0 Å². The van der Waals surface area contributed by atoms with Crippen molar-refractivity contribution in [3.8, 4) is 11.5 Å². The van der Waals surface area contributed by atoms with Crippen LogP contribution >= 0.6 is 11.3 Å². The number of carbonyl (C=O) groups is 2.